The molecule has 18 heavy (non-hydrogen) atoms. The quantitative estimate of drug-likeness (QED) is 0.665. The third-order valence-electron chi connectivity index (χ3n) is 2.62. The predicted octanol–water partition coefficient (Wildman–Crippen LogP) is 2.90. The van der Waals surface area contributed by atoms with Gasteiger partial charge in [0.2, 0.25) is 0 Å². The lowest BCUT2D eigenvalue weighted by molar-refractivity contribution is -0.380. The van der Waals surface area contributed by atoms with Gasteiger partial charge in [-0.3, -0.25) is 15.1 Å². The molecule has 2 aromatic heterocycles. The first-order chi connectivity index (χ1) is 8.66. The summed E-state index contributed by atoms with van der Waals surface area (Å²) in [5.74, 6) is 0. The maximum Gasteiger partial charge on any atom is 0.324 e. The monoisotopic (exact) mass is 263 g/mol. The Kier molecular flexibility index (Phi) is 4.01. The zero-order valence-electron chi connectivity index (χ0n) is 9.87. The summed E-state index contributed by atoms with van der Waals surface area (Å²) in [7, 11) is 0. The lowest BCUT2D eigenvalue weighted by atomic mass is 10.1. The first-order valence-electron chi connectivity index (χ1n) is 5.52. The number of pyridine rings is 1. The van der Waals surface area contributed by atoms with Crippen molar-refractivity contribution in [1.82, 2.24) is 10.3 Å². The van der Waals surface area contributed by atoms with Crippen LogP contribution in [0.3, 0.4) is 0 Å². The first-order valence-corrected chi connectivity index (χ1v) is 6.40. The van der Waals surface area contributed by atoms with E-state index in [0.717, 1.165) is 22.5 Å². The van der Waals surface area contributed by atoms with Crippen LogP contribution in [-0.4, -0.2) is 9.91 Å². The lowest BCUT2D eigenvalue weighted by Crippen LogP contribution is -2.17. The Balaban J connectivity index is 1.93. The third kappa shape index (κ3) is 3.12. The standard InChI is InChI=1S/C12H13N3O2S/c1-9(11-3-2-4-13-7-11)14-6-10-5-12(15(16)17)18-8-10/h2-5,7-9,14H,6H2,1H3/t9-/m1/s1. The fourth-order valence-corrected chi connectivity index (χ4v) is 2.30. The van der Waals surface area contributed by atoms with E-state index in [4.69, 9.17) is 0 Å². The Labute approximate surface area is 109 Å². The van der Waals surface area contributed by atoms with Crippen LogP contribution in [0.1, 0.15) is 24.1 Å². The van der Waals surface area contributed by atoms with Gasteiger partial charge in [-0.2, -0.15) is 0 Å². The topological polar surface area (TPSA) is 68.1 Å². The van der Waals surface area contributed by atoms with Gasteiger partial charge >= 0.3 is 5.00 Å². The van der Waals surface area contributed by atoms with Gasteiger partial charge in [0.1, 0.15) is 0 Å². The molecule has 0 aromatic carbocycles. The van der Waals surface area contributed by atoms with Gasteiger partial charge in [0.25, 0.3) is 0 Å². The number of thiophene rings is 1. The van der Waals surface area contributed by atoms with Crippen molar-refractivity contribution in [3.05, 3.63) is 57.2 Å². The van der Waals surface area contributed by atoms with Crippen molar-refractivity contribution in [2.75, 3.05) is 0 Å². The van der Waals surface area contributed by atoms with Crippen LogP contribution in [0.4, 0.5) is 5.00 Å². The van der Waals surface area contributed by atoms with Gasteiger partial charge in [-0.15, -0.1) is 0 Å². The molecule has 2 rings (SSSR count). The molecule has 5 nitrogen and oxygen atoms in total. The van der Waals surface area contributed by atoms with Gasteiger partial charge in [0.05, 0.1) is 4.92 Å². The van der Waals surface area contributed by atoms with Crippen LogP contribution in [0.2, 0.25) is 0 Å². The van der Waals surface area contributed by atoms with Gasteiger partial charge in [-0.05, 0) is 24.1 Å². The fourth-order valence-electron chi connectivity index (χ4n) is 1.57. The maximum absolute atomic E-state index is 10.6. The second-order valence-corrected chi connectivity index (χ2v) is 4.83. The Morgan fingerprint density at radius 3 is 3.06 bits per heavy atom. The van der Waals surface area contributed by atoms with E-state index >= 15 is 0 Å². The van der Waals surface area contributed by atoms with Crippen molar-refractivity contribution >= 4 is 16.3 Å². The van der Waals surface area contributed by atoms with Gasteiger partial charge in [-0.1, -0.05) is 17.4 Å². The van der Waals surface area contributed by atoms with Gasteiger partial charge in [-0.25, -0.2) is 0 Å². The normalized spacial score (nSPS) is 12.3. The molecule has 0 spiro atoms. The molecule has 94 valence electrons. The molecular weight excluding hydrogens is 250 g/mol. The third-order valence-corrected chi connectivity index (χ3v) is 3.55. The average Bonchev–Trinajstić information content (AvgIpc) is 2.86. The summed E-state index contributed by atoms with van der Waals surface area (Å²) in [6, 6.07) is 5.66. The van der Waals surface area contributed by atoms with E-state index in [2.05, 4.69) is 10.3 Å². The SMILES string of the molecule is C[C@@H](NCc1csc([N+](=O)[O-])c1)c1cccnc1. The molecule has 2 heterocycles. The lowest BCUT2D eigenvalue weighted by Gasteiger charge is -2.12. The summed E-state index contributed by atoms with van der Waals surface area (Å²) < 4.78 is 0. The number of hydrogen-bond donors (Lipinski definition) is 1. The number of hydrogen-bond acceptors (Lipinski definition) is 5. The van der Waals surface area contributed by atoms with Crippen LogP contribution in [-0.2, 0) is 6.54 Å². The zero-order chi connectivity index (χ0) is 13.0. The Bertz CT molecular complexity index is 527. The highest BCUT2D eigenvalue weighted by Crippen LogP contribution is 2.23. The minimum absolute atomic E-state index is 0.164. The van der Waals surface area contributed by atoms with E-state index in [1.165, 1.54) is 0 Å². The van der Waals surface area contributed by atoms with E-state index in [9.17, 15) is 10.1 Å². The molecule has 6 heteroatoms. The van der Waals surface area contributed by atoms with Crippen LogP contribution < -0.4 is 5.32 Å². The van der Waals surface area contributed by atoms with E-state index in [0.29, 0.717) is 6.54 Å². The molecule has 0 bridgehead atoms. The smallest absolute Gasteiger partial charge is 0.306 e. The van der Waals surface area contributed by atoms with Crippen LogP contribution in [0.5, 0.6) is 0 Å². The van der Waals surface area contributed by atoms with Crippen molar-refractivity contribution < 1.29 is 4.92 Å². The molecular formula is C12H13N3O2S. The molecule has 0 aliphatic heterocycles. The van der Waals surface area contributed by atoms with E-state index in [1.807, 2.05) is 25.3 Å². The van der Waals surface area contributed by atoms with Gasteiger partial charge in [0, 0.05) is 36.4 Å². The maximum atomic E-state index is 10.6. The second kappa shape index (κ2) is 5.70. The van der Waals surface area contributed by atoms with Crippen LogP contribution in [0.15, 0.2) is 36.0 Å². The predicted molar refractivity (Wildman–Crippen MR) is 70.5 cm³/mol. The summed E-state index contributed by atoms with van der Waals surface area (Å²) in [4.78, 5) is 14.3. The Morgan fingerprint density at radius 2 is 2.44 bits per heavy atom. The zero-order valence-corrected chi connectivity index (χ0v) is 10.7. The molecule has 0 saturated heterocycles. The number of aromatic nitrogens is 1. The number of rotatable bonds is 5. The summed E-state index contributed by atoms with van der Waals surface area (Å²) in [6.07, 6.45) is 3.55. The Morgan fingerprint density at radius 1 is 1.61 bits per heavy atom. The van der Waals surface area contributed by atoms with Crippen LogP contribution in [0, 0.1) is 10.1 Å². The van der Waals surface area contributed by atoms with E-state index in [1.54, 1.807) is 17.6 Å². The molecule has 1 atom stereocenters. The highest BCUT2D eigenvalue weighted by Gasteiger charge is 2.10. The average molecular weight is 263 g/mol. The summed E-state index contributed by atoms with van der Waals surface area (Å²) in [5.41, 5.74) is 2.03. The molecule has 0 saturated carbocycles. The molecule has 0 aliphatic carbocycles. The minimum Gasteiger partial charge on any atom is -0.306 e. The van der Waals surface area contributed by atoms with Gasteiger partial charge < -0.3 is 5.32 Å². The first kappa shape index (κ1) is 12.7. The van der Waals surface area contributed by atoms with Crippen molar-refractivity contribution in [3.8, 4) is 0 Å². The van der Waals surface area contributed by atoms with Crippen molar-refractivity contribution in [3.63, 3.8) is 0 Å². The number of nitrogens with zero attached hydrogens (tertiary/aromatic N) is 2. The van der Waals surface area contributed by atoms with Crippen molar-refractivity contribution in [1.29, 1.82) is 0 Å². The highest BCUT2D eigenvalue weighted by molar-refractivity contribution is 7.13. The van der Waals surface area contributed by atoms with Gasteiger partial charge in [0.15, 0.2) is 0 Å². The molecule has 2 aromatic rings. The van der Waals surface area contributed by atoms with Crippen molar-refractivity contribution in [2.45, 2.75) is 19.5 Å². The van der Waals surface area contributed by atoms with E-state index < -0.39 is 0 Å². The highest BCUT2D eigenvalue weighted by atomic mass is 32.1. The summed E-state index contributed by atoms with van der Waals surface area (Å²) in [6.45, 7) is 2.65. The minimum atomic E-state index is -0.362. The number of nitro groups is 1. The van der Waals surface area contributed by atoms with Crippen LogP contribution >= 0.6 is 11.3 Å². The molecule has 0 aliphatic rings. The molecule has 0 unspecified atom stereocenters. The molecule has 1 N–H and O–H groups in total. The fraction of sp³-hybridized carbons (Fsp3) is 0.250. The molecule has 0 radical (unpaired) electrons. The summed E-state index contributed by atoms with van der Waals surface area (Å²) >= 11 is 1.15. The van der Waals surface area contributed by atoms with Crippen molar-refractivity contribution in [2.24, 2.45) is 0 Å². The largest absolute Gasteiger partial charge is 0.324 e. The summed E-state index contributed by atoms with van der Waals surface area (Å²) in [5, 5.41) is 15.9. The second-order valence-electron chi connectivity index (χ2n) is 3.94. The molecule has 0 amide bonds. The van der Waals surface area contributed by atoms with Crippen LogP contribution in [0.25, 0.3) is 0 Å². The van der Waals surface area contributed by atoms with E-state index in [-0.39, 0.29) is 16.0 Å². The Hall–Kier alpha value is -1.79. The number of nitrogens with one attached hydrogen (secondary N) is 1. The molecule has 0 fully saturated rings.